The zero-order valence-electron chi connectivity index (χ0n) is 30.0. The molecule has 4 bridgehead atoms. The van der Waals surface area contributed by atoms with Gasteiger partial charge in [-0.1, -0.05) is 36.4 Å². The second-order valence-corrected chi connectivity index (χ2v) is 15.2. The van der Waals surface area contributed by atoms with Gasteiger partial charge in [-0.15, -0.1) is 11.8 Å². The van der Waals surface area contributed by atoms with Crippen LogP contribution in [0.3, 0.4) is 0 Å². The van der Waals surface area contributed by atoms with Crippen LogP contribution in [-0.2, 0) is 25.5 Å². The first-order chi connectivity index (χ1) is 25.5. The molecule has 9 rings (SSSR count). The number of ether oxygens (including phenoxy) is 5. The van der Waals surface area contributed by atoms with Gasteiger partial charge in [0, 0.05) is 47.0 Å². The molecule has 3 N–H and O–H groups in total. The lowest BCUT2D eigenvalue weighted by atomic mass is 9.73. The molecule has 14 heteroatoms. The maximum Gasteiger partial charge on any atom is 0.329 e. The zero-order valence-corrected chi connectivity index (χ0v) is 30.8. The molecule has 278 valence electrons. The van der Waals surface area contributed by atoms with E-state index in [1.54, 1.807) is 13.0 Å². The van der Waals surface area contributed by atoms with Crippen molar-refractivity contribution in [2.24, 2.45) is 0 Å². The number of rotatable bonds is 5. The van der Waals surface area contributed by atoms with Gasteiger partial charge in [0.25, 0.3) is 0 Å². The van der Waals surface area contributed by atoms with Crippen molar-refractivity contribution in [3.63, 3.8) is 0 Å². The molecular weight excluding hydrogens is 703 g/mol. The fourth-order valence-corrected chi connectivity index (χ4v) is 10.3. The maximum atomic E-state index is 13.8. The van der Waals surface area contributed by atoms with E-state index in [4.69, 9.17) is 23.7 Å². The van der Waals surface area contributed by atoms with Crippen LogP contribution in [0.5, 0.6) is 28.7 Å². The Morgan fingerprint density at radius 1 is 1.06 bits per heavy atom. The Morgan fingerprint density at radius 2 is 1.81 bits per heavy atom. The second-order valence-electron chi connectivity index (χ2n) is 14.0. The number of thioether (sulfide) groups is 1. The van der Waals surface area contributed by atoms with Crippen LogP contribution in [0.2, 0.25) is 0 Å². The molecule has 6 aliphatic heterocycles. The summed E-state index contributed by atoms with van der Waals surface area (Å²) in [5.41, 5.74) is 5.00. The first kappa shape index (κ1) is 35.3. The highest BCUT2D eigenvalue weighted by Gasteiger charge is 2.60. The molecule has 0 saturated carbocycles. The van der Waals surface area contributed by atoms with Crippen molar-refractivity contribution in [3.05, 3.63) is 81.4 Å². The van der Waals surface area contributed by atoms with E-state index < -0.39 is 59.5 Å². The van der Waals surface area contributed by atoms with Crippen LogP contribution in [-0.4, -0.2) is 95.5 Å². The number of benzene rings is 3. The number of aliphatic hydroxyl groups excluding tert-OH is 1. The highest BCUT2D eigenvalue weighted by molar-refractivity contribution is 7.99. The number of carbonyl (C=O) groups is 3. The van der Waals surface area contributed by atoms with Gasteiger partial charge in [0.1, 0.15) is 24.6 Å². The van der Waals surface area contributed by atoms with Crippen molar-refractivity contribution in [2.45, 2.75) is 68.9 Å². The first-order valence-electron chi connectivity index (χ1n) is 17.5. The van der Waals surface area contributed by atoms with Gasteiger partial charge >= 0.3 is 11.9 Å². The number of aliphatic hydroxyl groups is 1. The number of hydrogen-bond donors (Lipinski definition) is 3. The van der Waals surface area contributed by atoms with Crippen molar-refractivity contribution in [1.29, 1.82) is 0 Å². The van der Waals surface area contributed by atoms with Crippen LogP contribution in [0.1, 0.15) is 63.2 Å². The summed E-state index contributed by atoms with van der Waals surface area (Å²) < 4.78 is 29.8. The number of hydrogen-bond acceptors (Lipinski definition) is 13. The monoisotopic (exact) mass is 743 g/mol. The fourth-order valence-electron chi connectivity index (χ4n) is 8.83. The van der Waals surface area contributed by atoms with Crippen LogP contribution >= 0.6 is 11.8 Å². The van der Waals surface area contributed by atoms with E-state index in [0.717, 1.165) is 16.7 Å². The number of fused-ring (bicyclic) bond motifs is 10. The molecule has 7 atom stereocenters. The predicted molar refractivity (Wildman–Crippen MR) is 194 cm³/mol. The van der Waals surface area contributed by atoms with Crippen LogP contribution in [0, 0.1) is 13.8 Å². The largest absolute Gasteiger partial charge is 0.504 e. The smallest absolute Gasteiger partial charge is 0.329 e. The SMILES string of the molecule is COc1c(C)cc2c(c1O)[C@H]1C3[C@@H]4SC[C@H](NC(=O)/C=C/c5ccccc5)C(=O)OC[C@@H](c5c6c(c(C)c(OC(C)=O)c54)OCO6)N3[C@@H](O)[C@@H](C2)N1C. The molecule has 0 radical (unpaired) electrons. The molecule has 2 saturated heterocycles. The molecule has 0 aliphatic carbocycles. The van der Waals surface area contributed by atoms with Gasteiger partial charge in [0.2, 0.25) is 12.7 Å². The minimum absolute atomic E-state index is 0.0242. The molecule has 3 aromatic carbocycles. The molecule has 13 nitrogen and oxygen atoms in total. The summed E-state index contributed by atoms with van der Waals surface area (Å²) in [5.74, 6) is -0.0115. The zero-order chi connectivity index (χ0) is 37.3. The lowest BCUT2D eigenvalue weighted by molar-refractivity contribution is -0.184. The topological polar surface area (TPSA) is 156 Å². The first-order valence-corrected chi connectivity index (χ1v) is 18.6. The Hall–Kier alpha value is -4.76. The highest BCUT2D eigenvalue weighted by atomic mass is 32.2. The van der Waals surface area contributed by atoms with Crippen molar-refractivity contribution in [2.75, 3.05) is 33.3 Å². The van der Waals surface area contributed by atoms with Crippen LogP contribution in [0.15, 0.2) is 42.5 Å². The van der Waals surface area contributed by atoms with Crippen molar-refractivity contribution in [3.8, 4) is 28.7 Å². The van der Waals surface area contributed by atoms with Crippen molar-refractivity contribution in [1.82, 2.24) is 15.1 Å². The number of phenols is 1. The minimum Gasteiger partial charge on any atom is -0.504 e. The van der Waals surface area contributed by atoms with E-state index >= 15 is 0 Å². The number of methoxy groups -OCH3 is 1. The number of phenolic OH excluding ortho intramolecular Hbond substituents is 1. The Balaban J connectivity index is 1.30. The normalized spacial score (nSPS) is 27.4. The standard InChI is InChI=1S/C39H41N3O10S/c1-18-13-22-14-24-38(46)42-25-15-49-39(47)23(40-26(44)12-11-21-9-7-6-8-10-21)16-53-37(31(42)30(41(24)4)27(22)32(45)33(18)48-5)29-28(25)36-35(50-17-51-36)19(2)34(29)52-20(3)43/h6-13,23-25,30-31,37-38,45-46H,14-17H2,1-5H3,(H,40,44)/b12-11+/t23-,24+,25-,30-,31?,37+,38-/m0/s1. The molecule has 2 fully saturated rings. The van der Waals surface area contributed by atoms with E-state index in [2.05, 4.69) is 10.2 Å². The third-order valence-electron chi connectivity index (χ3n) is 11.0. The van der Waals surface area contributed by atoms with Crippen molar-refractivity contribution >= 4 is 35.7 Å². The summed E-state index contributed by atoms with van der Waals surface area (Å²) >= 11 is 1.37. The Morgan fingerprint density at radius 3 is 2.55 bits per heavy atom. The summed E-state index contributed by atoms with van der Waals surface area (Å²) in [6.07, 6.45) is 2.44. The number of nitrogens with zero attached hydrogens (tertiary/aromatic N) is 2. The quantitative estimate of drug-likeness (QED) is 0.197. The van der Waals surface area contributed by atoms with Gasteiger partial charge in [-0.25, -0.2) is 4.79 Å². The van der Waals surface area contributed by atoms with E-state index in [0.29, 0.717) is 51.7 Å². The minimum atomic E-state index is -1.05. The van der Waals surface area contributed by atoms with Crippen LogP contribution in [0.4, 0.5) is 0 Å². The van der Waals surface area contributed by atoms with E-state index in [1.807, 2.05) is 55.3 Å². The third-order valence-corrected chi connectivity index (χ3v) is 12.4. The molecule has 6 aliphatic rings. The van der Waals surface area contributed by atoms with E-state index in [-0.39, 0.29) is 24.9 Å². The number of esters is 2. The number of aromatic hydroxyl groups is 1. The average molecular weight is 744 g/mol. The lowest BCUT2D eigenvalue weighted by Gasteiger charge is -2.62. The molecule has 1 amide bonds. The average Bonchev–Trinajstić information content (AvgIpc) is 3.63. The molecule has 53 heavy (non-hydrogen) atoms. The lowest BCUT2D eigenvalue weighted by Crippen LogP contribution is -2.69. The summed E-state index contributed by atoms with van der Waals surface area (Å²) in [5, 5.41) is 26.5. The Bertz CT molecular complexity index is 2040. The summed E-state index contributed by atoms with van der Waals surface area (Å²) in [6.45, 7) is 4.72. The van der Waals surface area contributed by atoms with Crippen LogP contribution < -0.4 is 24.3 Å². The van der Waals surface area contributed by atoms with Gasteiger partial charge < -0.3 is 39.2 Å². The molecule has 0 aromatic heterocycles. The molecule has 1 unspecified atom stereocenters. The van der Waals surface area contributed by atoms with Crippen molar-refractivity contribution < 1.29 is 48.3 Å². The van der Waals surface area contributed by atoms with Gasteiger partial charge in [-0.05, 0) is 50.1 Å². The molecule has 3 aromatic rings. The maximum absolute atomic E-state index is 13.8. The Kier molecular flexibility index (Phi) is 9.04. The van der Waals surface area contributed by atoms with Gasteiger partial charge in [0.05, 0.1) is 30.5 Å². The van der Waals surface area contributed by atoms with Gasteiger partial charge in [0.15, 0.2) is 23.0 Å². The molecule has 0 spiro atoms. The van der Waals surface area contributed by atoms with Gasteiger partial charge in [-0.3, -0.25) is 19.4 Å². The number of likely N-dealkylation sites (N-methyl/N-ethyl adjacent to an activating group) is 1. The number of aryl methyl sites for hydroxylation is 1. The van der Waals surface area contributed by atoms with E-state index in [1.165, 1.54) is 31.9 Å². The number of nitrogens with one attached hydrogen (secondary N) is 1. The second kappa shape index (κ2) is 13.6. The number of amides is 1. The number of carbonyl (C=O) groups excluding carboxylic acids is 3. The number of piperazine rings is 1. The highest BCUT2D eigenvalue weighted by Crippen LogP contribution is 2.63. The Labute approximate surface area is 310 Å². The fraction of sp³-hybridized carbons (Fsp3) is 0.410. The third kappa shape index (κ3) is 5.70. The summed E-state index contributed by atoms with van der Waals surface area (Å²) in [7, 11) is 3.45. The summed E-state index contributed by atoms with van der Waals surface area (Å²) in [4.78, 5) is 43.8. The summed E-state index contributed by atoms with van der Waals surface area (Å²) in [6, 6.07) is 8.05. The van der Waals surface area contributed by atoms with Crippen LogP contribution in [0.25, 0.3) is 6.08 Å². The van der Waals surface area contributed by atoms with E-state index in [9.17, 15) is 24.6 Å². The molecule has 6 heterocycles. The molecular formula is C39H41N3O10S. The van der Waals surface area contributed by atoms with Gasteiger partial charge in [-0.2, -0.15) is 0 Å². The predicted octanol–water partition coefficient (Wildman–Crippen LogP) is 3.86.